The minimum absolute atomic E-state index is 0.0426. The van der Waals surface area contributed by atoms with Gasteiger partial charge in [0.2, 0.25) is 5.91 Å². The Morgan fingerprint density at radius 3 is 2.74 bits per heavy atom. The second-order valence-corrected chi connectivity index (χ2v) is 9.15. The molecule has 1 spiro atoms. The van der Waals surface area contributed by atoms with Crippen molar-refractivity contribution >= 4 is 67.4 Å². The van der Waals surface area contributed by atoms with Crippen molar-refractivity contribution in [3.8, 4) is 0 Å². The summed E-state index contributed by atoms with van der Waals surface area (Å²) >= 11 is 9.59. The zero-order valence-electron chi connectivity index (χ0n) is 14.4. The summed E-state index contributed by atoms with van der Waals surface area (Å²) in [5.41, 5.74) is 2.66. The SMILES string of the molecule is CC1=NN(c2ccccc2Cl)C2(C1)SCC(=O)N2c1nc2ccccc2s1. The fraction of sp³-hybridized carbons (Fsp3) is 0.211. The third kappa shape index (κ3) is 2.56. The van der Waals surface area contributed by atoms with Crippen molar-refractivity contribution in [2.45, 2.75) is 18.3 Å². The van der Waals surface area contributed by atoms with Crippen LogP contribution in [0, 0.1) is 0 Å². The van der Waals surface area contributed by atoms with Gasteiger partial charge in [-0.25, -0.2) is 9.99 Å². The van der Waals surface area contributed by atoms with Gasteiger partial charge in [-0.15, -0.1) is 0 Å². The summed E-state index contributed by atoms with van der Waals surface area (Å²) in [6.45, 7) is 1.98. The lowest BCUT2D eigenvalue weighted by molar-refractivity contribution is -0.116. The molecule has 2 aromatic carbocycles. The Labute approximate surface area is 169 Å². The third-order valence-corrected chi connectivity index (χ3v) is 7.36. The van der Waals surface area contributed by atoms with E-state index in [9.17, 15) is 4.79 Å². The average Bonchev–Trinajstić information content (AvgIpc) is 3.31. The number of fused-ring (bicyclic) bond motifs is 1. The highest BCUT2D eigenvalue weighted by Gasteiger charge is 2.56. The van der Waals surface area contributed by atoms with Gasteiger partial charge in [-0.2, -0.15) is 5.10 Å². The zero-order chi connectivity index (χ0) is 18.6. The molecule has 1 atom stereocenters. The maximum Gasteiger partial charge on any atom is 0.241 e. The molecule has 5 nitrogen and oxygen atoms in total. The van der Waals surface area contributed by atoms with E-state index in [-0.39, 0.29) is 5.91 Å². The predicted octanol–water partition coefficient (Wildman–Crippen LogP) is 4.97. The molecule has 0 aliphatic carbocycles. The molecule has 5 rings (SSSR count). The number of hydrogen-bond acceptors (Lipinski definition) is 6. The van der Waals surface area contributed by atoms with Gasteiger partial charge in [0.05, 0.1) is 26.7 Å². The summed E-state index contributed by atoms with van der Waals surface area (Å²) in [5, 5.41) is 7.95. The molecule has 1 aromatic heterocycles. The van der Waals surface area contributed by atoms with Crippen LogP contribution in [0.15, 0.2) is 53.6 Å². The number of thiazole rings is 1. The van der Waals surface area contributed by atoms with Crippen molar-refractivity contribution in [3.05, 3.63) is 53.6 Å². The minimum atomic E-state index is -0.667. The molecule has 1 unspecified atom stereocenters. The standard InChI is InChI=1S/C19H15ClN4OS2/c1-12-10-19(24(22-12)15-8-4-2-6-13(15)20)23(17(25)11-26-19)18-21-14-7-3-5-9-16(14)27-18/h2-9H,10-11H2,1H3. The van der Waals surface area contributed by atoms with E-state index in [1.54, 1.807) is 11.8 Å². The van der Waals surface area contributed by atoms with E-state index in [2.05, 4.69) is 0 Å². The fourth-order valence-electron chi connectivity index (χ4n) is 3.56. The van der Waals surface area contributed by atoms with E-state index < -0.39 is 4.99 Å². The molecule has 136 valence electrons. The van der Waals surface area contributed by atoms with Crippen LogP contribution in [0.2, 0.25) is 5.02 Å². The van der Waals surface area contributed by atoms with E-state index in [4.69, 9.17) is 21.7 Å². The number of hydrazone groups is 1. The molecular weight excluding hydrogens is 400 g/mol. The molecule has 27 heavy (non-hydrogen) atoms. The highest BCUT2D eigenvalue weighted by Crippen LogP contribution is 2.51. The van der Waals surface area contributed by atoms with E-state index in [1.807, 2.05) is 65.4 Å². The summed E-state index contributed by atoms with van der Waals surface area (Å²) < 4.78 is 1.06. The van der Waals surface area contributed by atoms with E-state index in [1.165, 1.54) is 11.3 Å². The molecule has 0 N–H and O–H groups in total. The Kier molecular flexibility index (Phi) is 3.93. The topological polar surface area (TPSA) is 48.8 Å². The summed E-state index contributed by atoms with van der Waals surface area (Å²) in [5.74, 6) is 0.431. The number of anilines is 2. The second-order valence-electron chi connectivity index (χ2n) is 6.50. The fourth-order valence-corrected chi connectivity index (χ4v) is 6.25. The van der Waals surface area contributed by atoms with Gasteiger partial charge in [-0.1, -0.05) is 59.0 Å². The number of carbonyl (C=O) groups excluding carboxylic acids is 1. The van der Waals surface area contributed by atoms with Crippen LogP contribution in [0.3, 0.4) is 0 Å². The molecule has 2 aliphatic rings. The molecule has 0 bridgehead atoms. The first kappa shape index (κ1) is 17.0. The van der Waals surface area contributed by atoms with Crippen LogP contribution < -0.4 is 9.91 Å². The lowest BCUT2D eigenvalue weighted by Crippen LogP contribution is -2.53. The first-order valence-electron chi connectivity index (χ1n) is 8.50. The van der Waals surface area contributed by atoms with Crippen molar-refractivity contribution in [1.29, 1.82) is 0 Å². The summed E-state index contributed by atoms with van der Waals surface area (Å²) in [6, 6.07) is 15.5. The van der Waals surface area contributed by atoms with Crippen molar-refractivity contribution in [3.63, 3.8) is 0 Å². The Morgan fingerprint density at radius 1 is 1.15 bits per heavy atom. The lowest BCUT2D eigenvalue weighted by atomic mass is 10.2. The van der Waals surface area contributed by atoms with Gasteiger partial charge in [-0.05, 0) is 31.2 Å². The molecule has 3 aromatic rings. The molecule has 1 saturated heterocycles. The maximum absolute atomic E-state index is 12.9. The maximum atomic E-state index is 12.9. The molecular formula is C19H15ClN4OS2. The summed E-state index contributed by atoms with van der Waals surface area (Å²) in [7, 11) is 0. The third-order valence-electron chi connectivity index (χ3n) is 4.67. The summed E-state index contributed by atoms with van der Waals surface area (Å²) in [4.78, 5) is 18.8. The lowest BCUT2D eigenvalue weighted by Gasteiger charge is -2.39. The number of thioether (sulfide) groups is 1. The van der Waals surface area contributed by atoms with E-state index in [0.717, 1.165) is 21.6 Å². The predicted molar refractivity (Wildman–Crippen MR) is 114 cm³/mol. The Balaban J connectivity index is 1.67. The van der Waals surface area contributed by atoms with Crippen LogP contribution in [-0.4, -0.2) is 27.4 Å². The number of halogens is 1. The molecule has 8 heteroatoms. The van der Waals surface area contributed by atoms with Crippen LogP contribution in [0.25, 0.3) is 10.2 Å². The van der Waals surface area contributed by atoms with Gasteiger partial charge < -0.3 is 0 Å². The normalized spacial score (nSPS) is 22.3. The highest BCUT2D eigenvalue weighted by molar-refractivity contribution is 8.02. The van der Waals surface area contributed by atoms with Gasteiger partial charge in [-0.3, -0.25) is 9.69 Å². The average molecular weight is 415 g/mol. The van der Waals surface area contributed by atoms with Gasteiger partial charge in [0.15, 0.2) is 10.1 Å². The monoisotopic (exact) mass is 414 g/mol. The first-order chi connectivity index (χ1) is 13.1. The van der Waals surface area contributed by atoms with Crippen molar-refractivity contribution in [2.24, 2.45) is 5.10 Å². The molecule has 1 fully saturated rings. The van der Waals surface area contributed by atoms with Crippen LogP contribution in [0.1, 0.15) is 13.3 Å². The number of amides is 1. The number of para-hydroxylation sites is 2. The van der Waals surface area contributed by atoms with Gasteiger partial charge in [0, 0.05) is 12.1 Å². The molecule has 3 heterocycles. The number of hydrogen-bond donors (Lipinski definition) is 0. The number of aromatic nitrogens is 1. The van der Waals surface area contributed by atoms with Gasteiger partial charge in [0.25, 0.3) is 0 Å². The molecule has 0 saturated carbocycles. The van der Waals surface area contributed by atoms with Crippen molar-refractivity contribution < 1.29 is 4.79 Å². The largest absolute Gasteiger partial charge is 0.273 e. The number of carbonyl (C=O) groups is 1. The van der Waals surface area contributed by atoms with Gasteiger partial charge in [0.1, 0.15) is 0 Å². The Hall–Kier alpha value is -2.09. The minimum Gasteiger partial charge on any atom is -0.273 e. The molecule has 0 radical (unpaired) electrons. The molecule has 1 amide bonds. The Morgan fingerprint density at radius 2 is 1.93 bits per heavy atom. The number of rotatable bonds is 2. The Bertz CT molecular complexity index is 1070. The number of benzene rings is 2. The van der Waals surface area contributed by atoms with Crippen LogP contribution in [0.5, 0.6) is 0 Å². The van der Waals surface area contributed by atoms with E-state index >= 15 is 0 Å². The van der Waals surface area contributed by atoms with Crippen LogP contribution in [-0.2, 0) is 4.79 Å². The van der Waals surface area contributed by atoms with Crippen LogP contribution >= 0.6 is 34.7 Å². The van der Waals surface area contributed by atoms with Crippen molar-refractivity contribution in [1.82, 2.24) is 4.98 Å². The van der Waals surface area contributed by atoms with Crippen LogP contribution in [0.4, 0.5) is 10.8 Å². The second kappa shape index (κ2) is 6.22. The quantitative estimate of drug-likeness (QED) is 0.594. The molecule has 2 aliphatic heterocycles. The number of nitrogens with zero attached hydrogens (tertiary/aromatic N) is 4. The zero-order valence-corrected chi connectivity index (χ0v) is 16.8. The van der Waals surface area contributed by atoms with Crippen molar-refractivity contribution in [2.75, 3.05) is 15.7 Å². The summed E-state index contributed by atoms with van der Waals surface area (Å²) in [6.07, 6.45) is 0.643. The highest BCUT2D eigenvalue weighted by atomic mass is 35.5. The smallest absolute Gasteiger partial charge is 0.241 e. The van der Waals surface area contributed by atoms with E-state index in [0.29, 0.717) is 22.3 Å². The van der Waals surface area contributed by atoms with Gasteiger partial charge >= 0.3 is 0 Å². The first-order valence-corrected chi connectivity index (χ1v) is 10.7.